The largest absolute Gasteiger partial charge is 0.459 e. The smallest absolute Gasteiger partial charge is 0.338 e. The van der Waals surface area contributed by atoms with Crippen LogP contribution in [0.1, 0.15) is 35.3 Å². The van der Waals surface area contributed by atoms with Gasteiger partial charge in [-0.3, -0.25) is 9.59 Å². The molecular formula is C23H21ClN2O4. The molecule has 0 aliphatic carbocycles. The summed E-state index contributed by atoms with van der Waals surface area (Å²) in [5.41, 5.74) is 3.28. The molecule has 2 aliphatic rings. The van der Waals surface area contributed by atoms with Crippen molar-refractivity contribution in [3.8, 4) is 0 Å². The van der Waals surface area contributed by atoms with Gasteiger partial charge in [-0.25, -0.2) is 9.69 Å². The first kappa shape index (κ1) is 20.2. The highest BCUT2D eigenvalue weighted by Gasteiger charge is 2.42. The highest BCUT2D eigenvalue weighted by Crippen LogP contribution is 2.33. The van der Waals surface area contributed by atoms with Crippen molar-refractivity contribution in [2.75, 3.05) is 11.4 Å². The zero-order valence-electron chi connectivity index (χ0n) is 16.7. The van der Waals surface area contributed by atoms with Gasteiger partial charge in [0, 0.05) is 13.1 Å². The van der Waals surface area contributed by atoms with Gasteiger partial charge in [-0.15, -0.1) is 0 Å². The number of benzene rings is 2. The number of hydrogen-bond acceptors (Lipinski definition) is 5. The van der Waals surface area contributed by atoms with Gasteiger partial charge in [0.2, 0.25) is 0 Å². The number of carbonyl (C=O) groups excluding carboxylic acids is 3. The van der Waals surface area contributed by atoms with Gasteiger partial charge in [-0.05, 0) is 55.7 Å². The molecule has 0 fully saturated rings. The number of rotatable bonds is 4. The topological polar surface area (TPSA) is 66.9 Å². The molecule has 0 unspecified atom stereocenters. The number of hydrogen-bond donors (Lipinski definition) is 0. The summed E-state index contributed by atoms with van der Waals surface area (Å²) in [6, 6.07) is 14.2. The summed E-state index contributed by atoms with van der Waals surface area (Å²) in [5.74, 6) is -1.48. The van der Waals surface area contributed by atoms with Gasteiger partial charge in [0.1, 0.15) is 10.7 Å². The Kier molecular flexibility index (Phi) is 5.35. The molecule has 4 rings (SSSR count). The van der Waals surface area contributed by atoms with Gasteiger partial charge in [0.05, 0.1) is 17.4 Å². The molecule has 2 heterocycles. The summed E-state index contributed by atoms with van der Waals surface area (Å²) in [7, 11) is 0. The third-order valence-corrected chi connectivity index (χ3v) is 5.50. The molecule has 7 heteroatoms. The Bertz CT molecular complexity index is 1060. The maximum Gasteiger partial charge on any atom is 0.338 e. The van der Waals surface area contributed by atoms with E-state index in [1.165, 1.54) is 17.7 Å². The van der Waals surface area contributed by atoms with E-state index in [9.17, 15) is 14.4 Å². The summed E-state index contributed by atoms with van der Waals surface area (Å²) in [5, 5.41) is -0.0809. The molecule has 0 aromatic heterocycles. The Morgan fingerprint density at radius 1 is 1.00 bits per heavy atom. The summed E-state index contributed by atoms with van der Waals surface area (Å²) >= 11 is 6.32. The molecule has 2 aromatic carbocycles. The van der Waals surface area contributed by atoms with Crippen molar-refractivity contribution in [3.63, 3.8) is 0 Å². The number of imide groups is 1. The van der Waals surface area contributed by atoms with E-state index in [1.807, 2.05) is 23.1 Å². The first-order chi connectivity index (χ1) is 14.4. The predicted molar refractivity (Wildman–Crippen MR) is 113 cm³/mol. The van der Waals surface area contributed by atoms with Gasteiger partial charge in [-0.1, -0.05) is 35.9 Å². The fraction of sp³-hybridized carbons (Fsp3) is 0.261. The second-order valence-electron chi connectivity index (χ2n) is 7.55. The van der Waals surface area contributed by atoms with Gasteiger partial charge < -0.3 is 9.64 Å². The normalized spacial score (nSPS) is 16.4. The Hall–Kier alpha value is -3.12. The lowest BCUT2D eigenvalue weighted by atomic mass is 9.99. The van der Waals surface area contributed by atoms with E-state index in [0.29, 0.717) is 24.3 Å². The van der Waals surface area contributed by atoms with Crippen LogP contribution in [0, 0.1) is 0 Å². The lowest BCUT2D eigenvalue weighted by Gasteiger charge is -2.31. The van der Waals surface area contributed by atoms with Crippen LogP contribution < -0.4 is 4.90 Å². The fourth-order valence-electron chi connectivity index (χ4n) is 3.72. The minimum atomic E-state index is -0.562. The molecule has 154 valence electrons. The van der Waals surface area contributed by atoms with Crippen LogP contribution in [-0.4, -0.2) is 35.3 Å². The van der Waals surface area contributed by atoms with Crippen LogP contribution in [-0.2, 0) is 27.3 Å². The maximum atomic E-state index is 13.1. The molecule has 0 N–H and O–H groups in total. The van der Waals surface area contributed by atoms with Crippen LogP contribution in [0.4, 0.5) is 5.69 Å². The Balaban J connectivity index is 1.56. The van der Waals surface area contributed by atoms with E-state index in [-0.39, 0.29) is 16.8 Å². The van der Waals surface area contributed by atoms with Crippen molar-refractivity contribution >= 4 is 35.1 Å². The Labute approximate surface area is 179 Å². The quantitative estimate of drug-likeness (QED) is 0.553. The molecule has 0 atom stereocenters. The third-order valence-electron chi connectivity index (χ3n) is 5.16. The molecule has 0 spiro atoms. The van der Waals surface area contributed by atoms with Gasteiger partial charge in [0.15, 0.2) is 0 Å². The first-order valence-electron chi connectivity index (χ1n) is 9.78. The van der Waals surface area contributed by atoms with Crippen LogP contribution in [0.15, 0.2) is 59.3 Å². The maximum absolute atomic E-state index is 13.1. The average Bonchev–Trinajstić information content (AvgIpc) is 2.95. The first-order valence-corrected chi connectivity index (χ1v) is 10.2. The van der Waals surface area contributed by atoms with Gasteiger partial charge >= 0.3 is 5.97 Å². The van der Waals surface area contributed by atoms with Crippen LogP contribution >= 0.6 is 11.6 Å². The van der Waals surface area contributed by atoms with Crippen LogP contribution in [0.25, 0.3) is 0 Å². The van der Waals surface area contributed by atoms with E-state index in [4.69, 9.17) is 16.3 Å². The molecule has 0 bridgehead atoms. The predicted octanol–water partition coefficient (Wildman–Crippen LogP) is 3.63. The standard InChI is InChI=1S/C23H21ClN2O4/c1-14(2)30-23(29)16-7-9-18(10-8-16)26-21(27)19(24)20(22(26)28)25-12-11-15-5-3-4-6-17(15)13-25/h3-10,14H,11-13H2,1-2H3. The van der Waals surface area contributed by atoms with E-state index in [2.05, 4.69) is 6.07 Å². The molecule has 0 saturated heterocycles. The van der Waals surface area contributed by atoms with E-state index < -0.39 is 17.8 Å². The van der Waals surface area contributed by atoms with Crippen molar-refractivity contribution in [1.82, 2.24) is 4.90 Å². The van der Waals surface area contributed by atoms with E-state index >= 15 is 0 Å². The monoisotopic (exact) mass is 424 g/mol. The van der Waals surface area contributed by atoms with Crippen molar-refractivity contribution in [1.29, 1.82) is 0 Å². The number of carbonyl (C=O) groups is 3. The highest BCUT2D eigenvalue weighted by atomic mass is 35.5. The molecule has 0 saturated carbocycles. The SMILES string of the molecule is CC(C)OC(=O)c1ccc(N2C(=O)C(Cl)=C(N3CCc4ccccc4C3)C2=O)cc1. The summed E-state index contributed by atoms with van der Waals surface area (Å²) in [4.78, 5) is 40.8. The fourth-order valence-corrected chi connectivity index (χ4v) is 4.00. The summed E-state index contributed by atoms with van der Waals surface area (Å²) in [6.45, 7) is 4.66. The number of esters is 1. The van der Waals surface area contributed by atoms with Crippen LogP contribution in [0.3, 0.4) is 0 Å². The molecular weight excluding hydrogens is 404 g/mol. The number of nitrogens with zero attached hydrogens (tertiary/aromatic N) is 2. The lowest BCUT2D eigenvalue weighted by molar-refractivity contribution is -0.121. The number of fused-ring (bicyclic) bond motifs is 1. The summed E-state index contributed by atoms with van der Waals surface area (Å²) in [6.07, 6.45) is 0.539. The zero-order valence-corrected chi connectivity index (χ0v) is 17.5. The van der Waals surface area contributed by atoms with Crippen LogP contribution in [0.2, 0.25) is 0 Å². The van der Waals surface area contributed by atoms with Crippen molar-refractivity contribution in [2.45, 2.75) is 32.9 Å². The number of halogens is 1. The molecule has 2 amide bonds. The van der Waals surface area contributed by atoms with E-state index in [1.54, 1.807) is 26.0 Å². The van der Waals surface area contributed by atoms with Crippen LogP contribution in [0.5, 0.6) is 0 Å². The van der Waals surface area contributed by atoms with Crippen molar-refractivity contribution in [3.05, 3.63) is 76.0 Å². The van der Waals surface area contributed by atoms with Crippen molar-refractivity contribution in [2.24, 2.45) is 0 Å². The average molecular weight is 425 g/mol. The molecule has 6 nitrogen and oxygen atoms in total. The Morgan fingerprint density at radius 2 is 1.67 bits per heavy atom. The molecule has 30 heavy (non-hydrogen) atoms. The van der Waals surface area contributed by atoms with E-state index in [0.717, 1.165) is 16.9 Å². The second-order valence-corrected chi connectivity index (χ2v) is 7.93. The Morgan fingerprint density at radius 3 is 2.33 bits per heavy atom. The van der Waals surface area contributed by atoms with Crippen molar-refractivity contribution < 1.29 is 19.1 Å². The highest BCUT2D eigenvalue weighted by molar-refractivity contribution is 6.52. The zero-order chi connectivity index (χ0) is 21.4. The third kappa shape index (κ3) is 3.59. The summed E-state index contributed by atoms with van der Waals surface area (Å²) < 4.78 is 5.16. The number of ether oxygens (including phenoxy) is 1. The molecule has 2 aromatic rings. The van der Waals surface area contributed by atoms with Gasteiger partial charge in [0.25, 0.3) is 11.8 Å². The number of amides is 2. The van der Waals surface area contributed by atoms with Gasteiger partial charge in [-0.2, -0.15) is 0 Å². The minimum Gasteiger partial charge on any atom is -0.459 e. The lowest BCUT2D eigenvalue weighted by Crippen LogP contribution is -2.37. The number of anilines is 1. The molecule has 0 radical (unpaired) electrons. The molecule has 2 aliphatic heterocycles. The minimum absolute atomic E-state index is 0.0809. The second kappa shape index (κ2) is 7.95.